The molecule has 0 spiro atoms. The van der Waals surface area contributed by atoms with E-state index in [-0.39, 0.29) is 86.6 Å². The molecule has 0 saturated carbocycles. The van der Waals surface area contributed by atoms with E-state index in [1.807, 2.05) is 0 Å². The molecule has 1 aliphatic heterocycles. The van der Waals surface area contributed by atoms with Crippen LogP contribution in [0.15, 0.2) is 29.1 Å². The maximum atomic E-state index is 12.4. The van der Waals surface area contributed by atoms with Gasteiger partial charge in [-0.2, -0.15) is 4.98 Å². The van der Waals surface area contributed by atoms with Crippen LogP contribution in [0.4, 0.5) is 23.1 Å². The number of aromatic nitrogens is 2. The minimum absolute atomic E-state index is 0. The summed E-state index contributed by atoms with van der Waals surface area (Å²) in [4.78, 5) is 65.6. The van der Waals surface area contributed by atoms with Gasteiger partial charge >= 0.3 is 37.7 Å². The van der Waals surface area contributed by atoms with Gasteiger partial charge in [0.2, 0.25) is 12.4 Å². The Morgan fingerprint density at radius 3 is 2.56 bits per heavy atom. The minimum Gasteiger partial charge on any atom is -0.550 e. The van der Waals surface area contributed by atoms with Crippen LogP contribution in [-0.2, 0) is 14.4 Å². The van der Waals surface area contributed by atoms with Crippen LogP contribution in [0.5, 0.6) is 0 Å². The van der Waals surface area contributed by atoms with E-state index in [0.717, 1.165) is 0 Å². The summed E-state index contributed by atoms with van der Waals surface area (Å²) in [5, 5.41) is 30.1. The normalized spacial score (nSPS) is 14.9. The Labute approximate surface area is 234 Å². The van der Waals surface area contributed by atoms with Gasteiger partial charge in [0.25, 0.3) is 11.5 Å². The molecule has 186 valence electrons. The fourth-order valence-electron chi connectivity index (χ4n) is 3.57. The third kappa shape index (κ3) is 7.32. The zero-order valence-corrected chi connectivity index (χ0v) is 21.3. The maximum absolute atomic E-state index is 12.4. The molecular formula is C21H23CaN7O7. The zero-order chi connectivity index (χ0) is 25.5. The quantitative estimate of drug-likeness (QED) is 0.144. The molecular weight excluding hydrogens is 502 g/mol. The van der Waals surface area contributed by atoms with Gasteiger partial charge in [-0.25, -0.2) is 0 Å². The van der Waals surface area contributed by atoms with Gasteiger partial charge < -0.3 is 46.4 Å². The molecule has 1 aromatic carbocycles. The number of nitrogens with zero attached hydrogens (tertiary/aromatic N) is 2. The number of carboxylic acids is 2. The fraction of sp³-hybridized carbons (Fsp3) is 0.333. The van der Waals surface area contributed by atoms with E-state index < -0.39 is 35.5 Å². The number of aromatic amines is 1. The summed E-state index contributed by atoms with van der Waals surface area (Å²) >= 11 is 0. The Bertz CT molecular complexity index is 1170. The van der Waals surface area contributed by atoms with Crippen molar-refractivity contribution in [1.29, 1.82) is 0 Å². The number of anilines is 4. The molecule has 0 saturated heterocycles. The Kier molecular flexibility index (Phi) is 10.5. The second-order valence-corrected chi connectivity index (χ2v) is 7.76. The number of aliphatic carboxylic acids is 2. The Balaban J connectivity index is 0.00000456. The molecule has 0 aliphatic carbocycles. The first-order valence-corrected chi connectivity index (χ1v) is 10.6. The number of nitrogens with two attached hydrogens (primary N) is 1. The van der Waals surface area contributed by atoms with Crippen LogP contribution in [-0.4, -0.2) is 97.1 Å². The predicted octanol–water partition coefficient (Wildman–Crippen LogP) is -3.39. The number of nitrogen functional groups attached to an aromatic ring is 1. The molecule has 0 radical (unpaired) electrons. The monoisotopic (exact) mass is 525 g/mol. The topological polar surface area (TPSA) is 225 Å². The number of nitrogens with one attached hydrogen (secondary N) is 4. The van der Waals surface area contributed by atoms with Crippen molar-refractivity contribution in [2.75, 3.05) is 34.4 Å². The van der Waals surface area contributed by atoms with Gasteiger partial charge in [0, 0.05) is 30.3 Å². The van der Waals surface area contributed by atoms with Crippen molar-refractivity contribution < 1.29 is 29.4 Å². The molecule has 14 nitrogen and oxygen atoms in total. The van der Waals surface area contributed by atoms with Gasteiger partial charge in [0.05, 0.1) is 18.1 Å². The second kappa shape index (κ2) is 13.1. The molecule has 1 aromatic heterocycles. The summed E-state index contributed by atoms with van der Waals surface area (Å²) in [6.07, 6.45) is 0.103. The molecule has 0 fully saturated rings. The standard InChI is InChI=1S/C21H25N7O7.Ca/c22-21-26-17-16(19(33)27-21)28(10-29)13(9-24-17)8-23-12-6-4-11(5-7-12)18(32)25-14(20(34)35)2-1-3-15(30)31;/h4-7,10,13-14,23H,1-3,8-9H2,(H,25,32)(H,30,31)(H,34,35)(H4,22,24,26,27,33);/q;+2/p-2/t13-,14+;/m1./s1. The molecule has 3 rings (SSSR count). The molecule has 1 aliphatic rings. The van der Waals surface area contributed by atoms with Crippen molar-refractivity contribution >= 4 is 85.1 Å². The molecule has 0 bridgehead atoms. The summed E-state index contributed by atoms with van der Waals surface area (Å²) < 4.78 is 0. The van der Waals surface area contributed by atoms with Crippen molar-refractivity contribution in [1.82, 2.24) is 15.3 Å². The van der Waals surface area contributed by atoms with E-state index in [0.29, 0.717) is 18.6 Å². The number of benzene rings is 1. The SMILES string of the molecule is Nc1nc2c(c(=O)[nH]1)N(C=O)[C@H](CNc1ccc(C(=O)N[C@@H](CCCC(=O)[O-])C(=O)[O-])cc1)CN2.[Ca+2]. The van der Waals surface area contributed by atoms with Crippen molar-refractivity contribution in [2.24, 2.45) is 0 Å². The molecule has 2 aromatic rings. The number of carboxylic acid groups (broad SMARTS) is 2. The van der Waals surface area contributed by atoms with Gasteiger partial charge in [-0.3, -0.25) is 19.4 Å². The summed E-state index contributed by atoms with van der Waals surface area (Å²) in [7, 11) is 0. The predicted molar refractivity (Wildman–Crippen MR) is 126 cm³/mol. The maximum Gasteiger partial charge on any atom is 2.00 e. The summed E-state index contributed by atoms with van der Waals surface area (Å²) in [5.74, 6) is -3.36. The number of rotatable bonds is 11. The van der Waals surface area contributed by atoms with Crippen LogP contribution >= 0.6 is 0 Å². The average molecular weight is 526 g/mol. The van der Waals surface area contributed by atoms with E-state index in [1.165, 1.54) is 17.0 Å². The van der Waals surface area contributed by atoms with Crippen molar-refractivity contribution in [3.05, 3.63) is 40.2 Å². The summed E-state index contributed by atoms with van der Waals surface area (Å²) in [6.45, 7) is 0.559. The largest absolute Gasteiger partial charge is 2.00 e. The van der Waals surface area contributed by atoms with Crippen molar-refractivity contribution in [3.63, 3.8) is 0 Å². The number of fused-ring (bicyclic) bond motifs is 1. The first-order chi connectivity index (χ1) is 16.7. The first-order valence-electron chi connectivity index (χ1n) is 10.6. The van der Waals surface area contributed by atoms with E-state index in [4.69, 9.17) is 5.73 Å². The zero-order valence-electron chi connectivity index (χ0n) is 19.1. The third-order valence-electron chi connectivity index (χ3n) is 5.34. The average Bonchev–Trinajstić information content (AvgIpc) is 2.81. The molecule has 2 heterocycles. The molecule has 0 unspecified atom stereocenters. The number of carbonyl (C=O) groups excluding carboxylic acids is 4. The number of H-pyrrole nitrogens is 1. The number of carbonyl (C=O) groups is 4. The summed E-state index contributed by atoms with van der Waals surface area (Å²) in [6, 6.07) is 4.33. The fourth-order valence-corrected chi connectivity index (χ4v) is 3.57. The third-order valence-corrected chi connectivity index (χ3v) is 5.34. The van der Waals surface area contributed by atoms with Crippen molar-refractivity contribution in [2.45, 2.75) is 31.3 Å². The molecule has 2 atom stereocenters. The van der Waals surface area contributed by atoms with Gasteiger partial charge in [0.1, 0.15) is 0 Å². The Hall–Kier alpha value is -3.36. The number of amides is 2. The number of hydrogen-bond donors (Lipinski definition) is 5. The van der Waals surface area contributed by atoms with E-state index in [2.05, 4.69) is 25.9 Å². The van der Waals surface area contributed by atoms with Gasteiger partial charge in [0.15, 0.2) is 11.5 Å². The van der Waals surface area contributed by atoms with Crippen molar-refractivity contribution in [3.8, 4) is 0 Å². The first kappa shape index (κ1) is 28.9. The van der Waals surface area contributed by atoms with Crippen LogP contribution < -0.4 is 42.4 Å². The van der Waals surface area contributed by atoms with Gasteiger partial charge in [-0.05, 0) is 43.5 Å². The van der Waals surface area contributed by atoms with Crippen LogP contribution in [0.3, 0.4) is 0 Å². The van der Waals surface area contributed by atoms with E-state index in [9.17, 15) is 34.2 Å². The van der Waals surface area contributed by atoms with E-state index in [1.54, 1.807) is 12.1 Å². The Morgan fingerprint density at radius 2 is 1.94 bits per heavy atom. The van der Waals surface area contributed by atoms with Crippen LogP contribution in [0, 0.1) is 0 Å². The van der Waals surface area contributed by atoms with Crippen LogP contribution in [0.25, 0.3) is 0 Å². The Morgan fingerprint density at radius 1 is 1.25 bits per heavy atom. The van der Waals surface area contributed by atoms with Gasteiger partial charge in [-0.1, -0.05) is 0 Å². The minimum atomic E-state index is -1.52. The van der Waals surface area contributed by atoms with Crippen LogP contribution in [0.2, 0.25) is 0 Å². The molecule has 15 heteroatoms. The molecule has 2 amide bonds. The smallest absolute Gasteiger partial charge is 0.550 e. The van der Waals surface area contributed by atoms with Gasteiger partial charge in [-0.15, -0.1) is 0 Å². The summed E-state index contributed by atoms with van der Waals surface area (Å²) in [5.41, 5.74) is 5.82. The second-order valence-electron chi connectivity index (χ2n) is 7.76. The molecule has 36 heavy (non-hydrogen) atoms. The molecule has 6 N–H and O–H groups in total. The van der Waals surface area contributed by atoms with Crippen LogP contribution in [0.1, 0.15) is 29.6 Å². The van der Waals surface area contributed by atoms with E-state index >= 15 is 0 Å². The number of hydrogen-bond acceptors (Lipinski definition) is 11.